The fourth-order valence-corrected chi connectivity index (χ4v) is 2.90. The van der Waals surface area contributed by atoms with E-state index in [4.69, 9.17) is 12.2 Å². The molecule has 0 bridgehead atoms. The van der Waals surface area contributed by atoms with E-state index in [1.807, 2.05) is 6.07 Å². The van der Waals surface area contributed by atoms with Crippen molar-refractivity contribution in [2.24, 2.45) is 0 Å². The summed E-state index contributed by atoms with van der Waals surface area (Å²) in [4.78, 5) is 12.2. The van der Waals surface area contributed by atoms with E-state index in [1.165, 1.54) is 11.1 Å². The van der Waals surface area contributed by atoms with E-state index < -0.39 is 0 Å². The number of nitrogens with one attached hydrogen (secondary N) is 2. The van der Waals surface area contributed by atoms with E-state index >= 15 is 0 Å². The lowest BCUT2D eigenvalue weighted by Crippen LogP contribution is -1.93. The number of nitrogens with zero attached hydrogens (tertiary/aromatic N) is 3. The number of aryl methyl sites for hydroxylation is 1. The largest absolute Gasteiger partial charge is 0.343 e. The second-order valence-electron chi connectivity index (χ2n) is 5.08. The van der Waals surface area contributed by atoms with Crippen molar-refractivity contribution < 1.29 is 0 Å². The van der Waals surface area contributed by atoms with Crippen LogP contribution in [0, 0.1) is 11.7 Å². The third-order valence-corrected chi connectivity index (χ3v) is 3.88. The van der Waals surface area contributed by atoms with Crippen LogP contribution in [0.5, 0.6) is 0 Å². The highest BCUT2D eigenvalue weighted by molar-refractivity contribution is 7.71. The summed E-state index contributed by atoms with van der Waals surface area (Å²) in [5.41, 5.74) is 5.25. The van der Waals surface area contributed by atoms with E-state index in [9.17, 15) is 0 Å². The van der Waals surface area contributed by atoms with Gasteiger partial charge in [-0.05, 0) is 30.3 Å². The van der Waals surface area contributed by atoms with E-state index in [0.717, 1.165) is 28.8 Å². The molecule has 0 fully saturated rings. The number of hydrogen-bond donors (Lipinski definition) is 2. The lowest BCUT2D eigenvalue weighted by molar-refractivity contribution is 0.924. The Labute approximate surface area is 125 Å². The molecule has 4 aromatic rings. The molecule has 3 aromatic heterocycles. The maximum atomic E-state index is 5.13. The van der Waals surface area contributed by atoms with Gasteiger partial charge in [-0.3, -0.25) is 5.10 Å². The molecule has 0 atom stereocenters. The number of aromatic nitrogens is 5. The molecule has 0 aliphatic carbocycles. The molecule has 21 heavy (non-hydrogen) atoms. The van der Waals surface area contributed by atoms with Crippen molar-refractivity contribution in [1.82, 2.24) is 24.6 Å². The van der Waals surface area contributed by atoms with Gasteiger partial charge in [0, 0.05) is 12.1 Å². The van der Waals surface area contributed by atoms with Crippen molar-refractivity contribution in [1.29, 1.82) is 0 Å². The minimum Gasteiger partial charge on any atom is -0.343 e. The van der Waals surface area contributed by atoms with Crippen LogP contribution >= 0.6 is 12.2 Å². The number of aromatic amines is 2. The molecule has 0 saturated carbocycles. The minimum atomic E-state index is 0.466. The predicted octanol–water partition coefficient (Wildman–Crippen LogP) is 3.17. The summed E-state index contributed by atoms with van der Waals surface area (Å²) in [6.07, 6.45) is 2.54. The molecule has 3 heterocycles. The van der Waals surface area contributed by atoms with Gasteiger partial charge in [-0.25, -0.2) is 9.50 Å². The molecule has 2 N–H and O–H groups in total. The Hall–Kier alpha value is -2.47. The molecule has 104 valence electrons. The lowest BCUT2D eigenvalue weighted by atomic mass is 10.0. The van der Waals surface area contributed by atoms with Gasteiger partial charge in [0.2, 0.25) is 4.77 Å². The van der Waals surface area contributed by atoms with Crippen molar-refractivity contribution in [2.75, 3.05) is 0 Å². The Morgan fingerprint density at radius 1 is 1.24 bits per heavy atom. The summed E-state index contributed by atoms with van der Waals surface area (Å²) in [6, 6.07) is 10.4. The molecular weight excluding hydrogens is 282 g/mol. The average Bonchev–Trinajstić information content (AvgIpc) is 3.00. The van der Waals surface area contributed by atoms with Gasteiger partial charge in [0.25, 0.3) is 0 Å². The second kappa shape index (κ2) is 4.53. The molecular formula is C15H13N5S. The number of rotatable bonds is 2. The maximum Gasteiger partial charge on any atom is 0.214 e. The van der Waals surface area contributed by atoms with Crippen molar-refractivity contribution in [3.63, 3.8) is 0 Å². The molecule has 6 heteroatoms. The van der Waals surface area contributed by atoms with Crippen LogP contribution in [0.3, 0.4) is 0 Å². The zero-order valence-corrected chi connectivity index (χ0v) is 12.2. The fourth-order valence-electron chi connectivity index (χ4n) is 2.71. The topological polar surface area (TPSA) is 61.8 Å². The average molecular weight is 295 g/mol. The third kappa shape index (κ3) is 1.95. The molecule has 0 saturated heterocycles. The molecule has 0 aliphatic rings. The molecule has 0 aliphatic heterocycles. The first-order valence-corrected chi connectivity index (χ1v) is 7.11. The van der Waals surface area contributed by atoms with Crippen molar-refractivity contribution >= 4 is 28.9 Å². The molecule has 5 nitrogen and oxygen atoms in total. The van der Waals surface area contributed by atoms with Crippen molar-refractivity contribution in [2.45, 2.75) is 13.3 Å². The van der Waals surface area contributed by atoms with Crippen LogP contribution in [-0.4, -0.2) is 24.6 Å². The van der Waals surface area contributed by atoms with Crippen LogP contribution in [0.2, 0.25) is 0 Å². The maximum absolute atomic E-state index is 5.13. The molecule has 0 radical (unpaired) electrons. The summed E-state index contributed by atoms with van der Waals surface area (Å²) < 4.78 is 2.24. The van der Waals surface area contributed by atoms with E-state index in [0.29, 0.717) is 4.77 Å². The van der Waals surface area contributed by atoms with Crippen LogP contribution in [0.25, 0.3) is 16.7 Å². The zero-order valence-electron chi connectivity index (χ0n) is 11.4. The monoisotopic (exact) mass is 295 g/mol. The van der Waals surface area contributed by atoms with Gasteiger partial charge in [-0.2, -0.15) is 4.98 Å². The van der Waals surface area contributed by atoms with Crippen LogP contribution in [0.15, 0.2) is 36.7 Å². The Bertz CT molecular complexity index is 993. The first-order valence-electron chi connectivity index (χ1n) is 6.71. The van der Waals surface area contributed by atoms with Gasteiger partial charge in [-0.1, -0.05) is 30.3 Å². The molecule has 1 aromatic carbocycles. The van der Waals surface area contributed by atoms with Crippen molar-refractivity contribution in [3.8, 4) is 0 Å². The number of fused-ring (bicyclic) bond motifs is 3. The lowest BCUT2D eigenvalue weighted by Gasteiger charge is -2.02. The Balaban J connectivity index is 2.01. The molecule has 0 spiro atoms. The summed E-state index contributed by atoms with van der Waals surface area (Å²) in [5, 5.41) is 4.03. The van der Waals surface area contributed by atoms with E-state index in [2.05, 4.69) is 51.2 Å². The quantitative estimate of drug-likeness (QED) is 0.558. The second-order valence-corrected chi connectivity index (χ2v) is 5.47. The van der Waals surface area contributed by atoms with Gasteiger partial charge >= 0.3 is 0 Å². The predicted molar refractivity (Wildman–Crippen MR) is 84.0 cm³/mol. The molecule has 0 amide bonds. The normalized spacial score (nSPS) is 11.5. The summed E-state index contributed by atoms with van der Waals surface area (Å²) >= 11 is 5.13. The summed E-state index contributed by atoms with van der Waals surface area (Å²) in [7, 11) is 0. The molecule has 4 rings (SSSR count). The zero-order chi connectivity index (χ0) is 14.4. The van der Waals surface area contributed by atoms with Crippen LogP contribution < -0.4 is 0 Å². The minimum absolute atomic E-state index is 0.466. The van der Waals surface area contributed by atoms with Crippen LogP contribution in [0.4, 0.5) is 0 Å². The van der Waals surface area contributed by atoms with E-state index in [1.54, 1.807) is 10.8 Å². The smallest absolute Gasteiger partial charge is 0.214 e. The first kappa shape index (κ1) is 12.3. The van der Waals surface area contributed by atoms with Gasteiger partial charge in [0.15, 0.2) is 5.65 Å². The van der Waals surface area contributed by atoms with Gasteiger partial charge < -0.3 is 4.98 Å². The number of hydrogen-bond acceptors (Lipinski definition) is 3. The summed E-state index contributed by atoms with van der Waals surface area (Å²) in [6.45, 7) is 2.07. The van der Waals surface area contributed by atoms with Crippen LogP contribution in [-0.2, 0) is 6.42 Å². The van der Waals surface area contributed by atoms with Crippen molar-refractivity contribution in [3.05, 3.63) is 58.3 Å². The highest BCUT2D eigenvalue weighted by atomic mass is 32.1. The Morgan fingerprint density at radius 2 is 2.05 bits per heavy atom. The number of H-pyrrole nitrogens is 2. The van der Waals surface area contributed by atoms with Gasteiger partial charge in [0.1, 0.15) is 12.0 Å². The van der Waals surface area contributed by atoms with Gasteiger partial charge in [-0.15, -0.1) is 0 Å². The Kier molecular flexibility index (Phi) is 2.65. The third-order valence-electron chi connectivity index (χ3n) is 3.70. The van der Waals surface area contributed by atoms with Gasteiger partial charge in [0.05, 0.1) is 5.39 Å². The Morgan fingerprint density at radius 3 is 2.86 bits per heavy atom. The highest BCUT2D eigenvalue weighted by Crippen LogP contribution is 2.26. The fraction of sp³-hybridized carbons (Fsp3) is 0.133. The SMILES string of the molecule is Cc1[nH]c2ncn3[nH]c(=S)nc3c2c1Cc1ccccc1. The van der Waals surface area contributed by atoms with Crippen LogP contribution in [0.1, 0.15) is 16.8 Å². The molecule has 0 unspecified atom stereocenters. The first-order chi connectivity index (χ1) is 10.2. The standard InChI is InChI=1S/C15H13N5S/c1-9-11(7-10-5-3-2-4-6-10)12-13(17-9)16-8-20-14(12)18-15(21)19-20/h2-6,8,17H,7H2,1H3,(H,19,21). The van der Waals surface area contributed by atoms with E-state index in [-0.39, 0.29) is 0 Å². The summed E-state index contributed by atoms with van der Waals surface area (Å²) in [5.74, 6) is 0. The number of benzene rings is 1. The highest BCUT2D eigenvalue weighted by Gasteiger charge is 2.14.